The molecule has 0 bridgehead atoms. The van der Waals surface area contributed by atoms with E-state index in [1.54, 1.807) is 36.7 Å². The van der Waals surface area contributed by atoms with Gasteiger partial charge in [-0.15, -0.1) is 0 Å². The van der Waals surface area contributed by atoms with Crippen molar-refractivity contribution in [1.82, 2.24) is 15.3 Å². The molecule has 21 heavy (non-hydrogen) atoms. The number of ketones is 1. The standard InChI is InChI=1S/C15H18N4O2/c1-11(20)12-4-6-13(7-5-12)19-15(21)18-8-2-3-14-16-9-10-17-14/h4-7,9-10H,2-3,8H2,1H3,(H,16,17)(H2,18,19,21). The molecule has 0 aliphatic rings. The summed E-state index contributed by atoms with van der Waals surface area (Å²) in [7, 11) is 0. The number of urea groups is 1. The predicted octanol–water partition coefficient (Wildman–Crippen LogP) is 2.37. The van der Waals surface area contributed by atoms with Crippen molar-refractivity contribution in [3.63, 3.8) is 0 Å². The number of carbonyl (C=O) groups is 2. The maximum absolute atomic E-state index is 11.7. The highest BCUT2D eigenvalue weighted by Crippen LogP contribution is 2.09. The van der Waals surface area contributed by atoms with Gasteiger partial charge in [0.2, 0.25) is 0 Å². The van der Waals surface area contributed by atoms with E-state index in [2.05, 4.69) is 20.6 Å². The van der Waals surface area contributed by atoms with E-state index in [0.29, 0.717) is 17.8 Å². The third kappa shape index (κ3) is 4.76. The van der Waals surface area contributed by atoms with Gasteiger partial charge in [-0.25, -0.2) is 9.78 Å². The molecule has 2 rings (SSSR count). The Hall–Kier alpha value is -2.63. The van der Waals surface area contributed by atoms with Gasteiger partial charge in [0, 0.05) is 36.6 Å². The van der Waals surface area contributed by atoms with Crippen molar-refractivity contribution in [2.75, 3.05) is 11.9 Å². The molecule has 1 aromatic carbocycles. The molecule has 2 amide bonds. The molecule has 1 aromatic heterocycles. The first-order valence-corrected chi connectivity index (χ1v) is 6.79. The summed E-state index contributed by atoms with van der Waals surface area (Å²) in [6, 6.07) is 6.53. The largest absolute Gasteiger partial charge is 0.349 e. The van der Waals surface area contributed by atoms with Crippen LogP contribution < -0.4 is 10.6 Å². The summed E-state index contributed by atoms with van der Waals surface area (Å²) in [6.45, 7) is 2.08. The quantitative estimate of drug-likeness (QED) is 0.563. The highest BCUT2D eigenvalue weighted by molar-refractivity contribution is 5.95. The van der Waals surface area contributed by atoms with Gasteiger partial charge in [-0.2, -0.15) is 0 Å². The van der Waals surface area contributed by atoms with Crippen LogP contribution in [0.4, 0.5) is 10.5 Å². The van der Waals surface area contributed by atoms with Gasteiger partial charge in [-0.1, -0.05) is 0 Å². The Bertz CT molecular complexity index is 591. The lowest BCUT2D eigenvalue weighted by molar-refractivity contribution is 0.101. The molecule has 6 heteroatoms. The van der Waals surface area contributed by atoms with Gasteiger partial charge < -0.3 is 15.6 Å². The Morgan fingerprint density at radius 2 is 2.00 bits per heavy atom. The highest BCUT2D eigenvalue weighted by Gasteiger charge is 2.03. The number of Topliss-reactive ketones (excluding diaryl/α,β-unsaturated/α-hetero) is 1. The lowest BCUT2D eigenvalue weighted by Gasteiger charge is -2.07. The molecular weight excluding hydrogens is 268 g/mol. The van der Waals surface area contributed by atoms with E-state index >= 15 is 0 Å². The van der Waals surface area contributed by atoms with Crippen molar-refractivity contribution < 1.29 is 9.59 Å². The van der Waals surface area contributed by atoms with Crippen LogP contribution in [0.1, 0.15) is 29.5 Å². The fourth-order valence-corrected chi connectivity index (χ4v) is 1.86. The van der Waals surface area contributed by atoms with Crippen molar-refractivity contribution in [3.8, 4) is 0 Å². The number of hydrogen-bond donors (Lipinski definition) is 3. The second-order valence-electron chi connectivity index (χ2n) is 4.65. The Morgan fingerprint density at radius 3 is 2.62 bits per heavy atom. The maximum atomic E-state index is 11.7. The van der Waals surface area contributed by atoms with Gasteiger partial charge in [0.25, 0.3) is 0 Å². The molecule has 0 saturated heterocycles. The van der Waals surface area contributed by atoms with Crippen LogP contribution in [0.3, 0.4) is 0 Å². The molecule has 0 aliphatic heterocycles. The zero-order valence-corrected chi connectivity index (χ0v) is 11.8. The lowest BCUT2D eigenvalue weighted by Crippen LogP contribution is -2.29. The van der Waals surface area contributed by atoms with Crippen molar-refractivity contribution in [2.45, 2.75) is 19.8 Å². The Kier molecular flexibility index (Phi) is 5.09. The summed E-state index contributed by atoms with van der Waals surface area (Å²) in [6.07, 6.45) is 5.09. The van der Waals surface area contributed by atoms with E-state index in [1.807, 2.05) is 0 Å². The minimum atomic E-state index is -0.259. The Balaban J connectivity index is 1.70. The van der Waals surface area contributed by atoms with Gasteiger partial charge in [0.05, 0.1) is 0 Å². The van der Waals surface area contributed by atoms with Gasteiger partial charge in [-0.05, 0) is 37.6 Å². The number of imidazole rings is 1. The average molecular weight is 286 g/mol. The monoisotopic (exact) mass is 286 g/mol. The number of hydrogen-bond acceptors (Lipinski definition) is 3. The fourth-order valence-electron chi connectivity index (χ4n) is 1.86. The molecule has 0 fully saturated rings. The summed E-state index contributed by atoms with van der Waals surface area (Å²) in [5, 5.41) is 5.49. The molecule has 0 unspecified atom stereocenters. The summed E-state index contributed by atoms with van der Waals surface area (Å²) in [5.41, 5.74) is 1.28. The minimum Gasteiger partial charge on any atom is -0.349 e. The Labute approximate surface area is 123 Å². The van der Waals surface area contributed by atoms with E-state index in [-0.39, 0.29) is 11.8 Å². The molecule has 0 spiro atoms. The number of H-pyrrole nitrogens is 1. The molecule has 6 nitrogen and oxygen atoms in total. The number of carbonyl (C=O) groups excluding carboxylic acids is 2. The zero-order valence-electron chi connectivity index (χ0n) is 11.8. The maximum Gasteiger partial charge on any atom is 0.319 e. The number of aryl methyl sites for hydroxylation is 1. The van der Waals surface area contributed by atoms with Gasteiger partial charge >= 0.3 is 6.03 Å². The fraction of sp³-hybridized carbons (Fsp3) is 0.267. The van der Waals surface area contributed by atoms with Crippen molar-refractivity contribution >= 4 is 17.5 Å². The molecule has 0 radical (unpaired) electrons. The van der Waals surface area contributed by atoms with E-state index in [1.165, 1.54) is 6.92 Å². The number of anilines is 1. The van der Waals surface area contributed by atoms with Crippen LogP contribution in [0.5, 0.6) is 0 Å². The molecule has 0 saturated carbocycles. The molecule has 2 aromatic rings. The molecule has 0 atom stereocenters. The summed E-state index contributed by atoms with van der Waals surface area (Å²) >= 11 is 0. The first kappa shape index (κ1) is 14.8. The SMILES string of the molecule is CC(=O)c1ccc(NC(=O)NCCCc2ncc[nH]2)cc1. The number of aromatic nitrogens is 2. The van der Waals surface area contributed by atoms with Crippen LogP contribution in [0.25, 0.3) is 0 Å². The second kappa shape index (κ2) is 7.23. The molecule has 1 heterocycles. The highest BCUT2D eigenvalue weighted by atomic mass is 16.2. The number of benzene rings is 1. The molecule has 110 valence electrons. The van der Waals surface area contributed by atoms with Gasteiger partial charge in [0.15, 0.2) is 5.78 Å². The number of nitrogens with zero attached hydrogens (tertiary/aromatic N) is 1. The van der Waals surface area contributed by atoms with E-state index in [4.69, 9.17) is 0 Å². The predicted molar refractivity (Wildman–Crippen MR) is 80.4 cm³/mol. The van der Waals surface area contributed by atoms with Crippen molar-refractivity contribution in [3.05, 3.63) is 48.0 Å². The summed E-state index contributed by atoms with van der Waals surface area (Å²) < 4.78 is 0. The number of aromatic amines is 1. The van der Waals surface area contributed by atoms with Crippen LogP contribution in [-0.2, 0) is 6.42 Å². The molecule has 0 aliphatic carbocycles. The smallest absolute Gasteiger partial charge is 0.319 e. The van der Waals surface area contributed by atoms with Crippen LogP contribution in [0.15, 0.2) is 36.7 Å². The summed E-state index contributed by atoms with van der Waals surface area (Å²) in [5.74, 6) is 0.918. The average Bonchev–Trinajstić information content (AvgIpc) is 2.97. The second-order valence-corrected chi connectivity index (χ2v) is 4.65. The van der Waals surface area contributed by atoms with E-state index in [0.717, 1.165) is 18.7 Å². The normalized spacial score (nSPS) is 10.1. The van der Waals surface area contributed by atoms with Crippen LogP contribution in [-0.4, -0.2) is 28.3 Å². The Morgan fingerprint density at radius 1 is 1.24 bits per heavy atom. The van der Waals surface area contributed by atoms with E-state index in [9.17, 15) is 9.59 Å². The third-order valence-electron chi connectivity index (χ3n) is 2.98. The van der Waals surface area contributed by atoms with Crippen LogP contribution in [0.2, 0.25) is 0 Å². The van der Waals surface area contributed by atoms with Gasteiger partial charge in [0.1, 0.15) is 5.82 Å². The summed E-state index contributed by atoms with van der Waals surface area (Å²) in [4.78, 5) is 29.9. The van der Waals surface area contributed by atoms with E-state index < -0.39 is 0 Å². The third-order valence-corrected chi connectivity index (χ3v) is 2.98. The van der Waals surface area contributed by atoms with Crippen molar-refractivity contribution in [2.24, 2.45) is 0 Å². The first-order chi connectivity index (χ1) is 10.1. The van der Waals surface area contributed by atoms with Crippen molar-refractivity contribution in [1.29, 1.82) is 0 Å². The zero-order chi connectivity index (χ0) is 15.1. The minimum absolute atomic E-state index is 0.00364. The number of amides is 2. The van der Waals surface area contributed by atoms with Crippen LogP contribution >= 0.6 is 0 Å². The topological polar surface area (TPSA) is 86.9 Å². The number of nitrogens with one attached hydrogen (secondary N) is 3. The van der Waals surface area contributed by atoms with Gasteiger partial charge in [-0.3, -0.25) is 4.79 Å². The van der Waals surface area contributed by atoms with Crippen LogP contribution in [0, 0.1) is 0 Å². The number of rotatable bonds is 6. The first-order valence-electron chi connectivity index (χ1n) is 6.79. The molecule has 3 N–H and O–H groups in total. The lowest BCUT2D eigenvalue weighted by atomic mass is 10.1. The molecular formula is C15H18N4O2.